The number of hydrogen-bond acceptors (Lipinski definition) is 5. The van der Waals surface area contributed by atoms with E-state index in [-0.39, 0.29) is 0 Å². The molecule has 2 N–H and O–H groups in total. The summed E-state index contributed by atoms with van der Waals surface area (Å²) in [5.41, 5.74) is 4.68. The lowest BCUT2D eigenvalue weighted by Gasteiger charge is -2.38. The van der Waals surface area contributed by atoms with Crippen LogP contribution in [-0.4, -0.2) is 52.1 Å². The Labute approximate surface area is 180 Å². The Morgan fingerprint density at radius 3 is 2.71 bits per heavy atom. The first-order valence-electron chi connectivity index (χ1n) is 10.9. The molecule has 0 unspecified atom stereocenters. The number of carboxylic acid groups (broad SMARTS) is 1. The highest BCUT2D eigenvalue weighted by atomic mass is 16.4. The van der Waals surface area contributed by atoms with Crippen molar-refractivity contribution in [1.29, 1.82) is 5.26 Å². The molecule has 1 aromatic carbocycles. The van der Waals surface area contributed by atoms with E-state index < -0.39 is 12.0 Å². The minimum absolute atomic E-state index is 0.597. The summed E-state index contributed by atoms with van der Waals surface area (Å²) in [6.45, 7) is 2.49. The molecule has 1 fully saturated rings. The molecular formula is C24H25N5O2. The van der Waals surface area contributed by atoms with Crippen LogP contribution in [0.25, 0.3) is 10.9 Å². The van der Waals surface area contributed by atoms with E-state index in [2.05, 4.69) is 16.0 Å². The zero-order valence-corrected chi connectivity index (χ0v) is 17.3. The Bertz CT molecular complexity index is 1170. The monoisotopic (exact) mass is 415 g/mol. The number of para-hydroxylation sites is 1. The first-order chi connectivity index (χ1) is 15.2. The molecular weight excluding hydrogens is 390 g/mol. The standard InChI is InChI=1S/C24H25N5O2/c25-14-17-13-16-5-1-3-7-20(16)27-23(17)29-11-9-28(10-12-29)22(24(30)31)19-15-26-21-8-4-2-6-18(19)21/h2,4,6,8,13,15,22,26H,1,3,5,7,9-12H2,(H,30,31)/t22-/m1/s1. The van der Waals surface area contributed by atoms with Gasteiger partial charge in [0.15, 0.2) is 0 Å². The van der Waals surface area contributed by atoms with Crippen LogP contribution < -0.4 is 4.90 Å². The summed E-state index contributed by atoms with van der Waals surface area (Å²) in [5.74, 6) is -0.0930. The number of carboxylic acids is 1. The van der Waals surface area contributed by atoms with Crippen LogP contribution in [0.3, 0.4) is 0 Å². The first-order valence-corrected chi connectivity index (χ1v) is 10.9. The second-order valence-electron chi connectivity index (χ2n) is 8.34. The number of rotatable bonds is 4. The minimum Gasteiger partial charge on any atom is -0.480 e. The molecule has 1 saturated heterocycles. The van der Waals surface area contributed by atoms with Crippen molar-refractivity contribution in [2.45, 2.75) is 31.7 Å². The summed E-state index contributed by atoms with van der Waals surface area (Å²) in [4.78, 5) is 24.4. The third-order valence-electron chi connectivity index (χ3n) is 6.53. The number of benzene rings is 1. The van der Waals surface area contributed by atoms with E-state index in [9.17, 15) is 15.2 Å². The van der Waals surface area contributed by atoms with Gasteiger partial charge in [0.1, 0.15) is 17.9 Å². The molecule has 3 aromatic rings. The van der Waals surface area contributed by atoms with E-state index >= 15 is 0 Å². The van der Waals surface area contributed by atoms with Crippen LogP contribution in [0.5, 0.6) is 0 Å². The van der Waals surface area contributed by atoms with Crippen LogP contribution in [0.15, 0.2) is 36.5 Å². The van der Waals surface area contributed by atoms with Crippen molar-refractivity contribution in [3.63, 3.8) is 0 Å². The number of H-pyrrole nitrogens is 1. The van der Waals surface area contributed by atoms with E-state index in [0.717, 1.165) is 53.7 Å². The third-order valence-corrected chi connectivity index (χ3v) is 6.53. The molecule has 3 heterocycles. The largest absolute Gasteiger partial charge is 0.480 e. The van der Waals surface area contributed by atoms with Crippen LogP contribution in [0.2, 0.25) is 0 Å². The maximum Gasteiger partial charge on any atom is 0.325 e. The fourth-order valence-electron chi connectivity index (χ4n) is 4.94. The van der Waals surface area contributed by atoms with Gasteiger partial charge in [0.2, 0.25) is 0 Å². The van der Waals surface area contributed by atoms with Crippen LogP contribution in [0, 0.1) is 11.3 Å². The van der Waals surface area contributed by atoms with Gasteiger partial charge >= 0.3 is 5.97 Å². The summed E-state index contributed by atoms with van der Waals surface area (Å²) >= 11 is 0. The zero-order chi connectivity index (χ0) is 21.4. The maximum atomic E-state index is 12.2. The smallest absolute Gasteiger partial charge is 0.325 e. The summed E-state index contributed by atoms with van der Waals surface area (Å²) in [5, 5.41) is 20.7. The number of aromatic nitrogens is 2. The van der Waals surface area contributed by atoms with Crippen LogP contribution in [-0.2, 0) is 17.6 Å². The van der Waals surface area contributed by atoms with Gasteiger partial charge < -0.3 is 15.0 Å². The average Bonchev–Trinajstić information content (AvgIpc) is 3.22. The van der Waals surface area contributed by atoms with Crippen molar-refractivity contribution in [2.24, 2.45) is 0 Å². The number of aliphatic carboxylic acids is 1. The lowest BCUT2D eigenvalue weighted by Crippen LogP contribution is -2.49. The second-order valence-corrected chi connectivity index (χ2v) is 8.34. The quantitative estimate of drug-likeness (QED) is 0.679. The van der Waals surface area contributed by atoms with Gasteiger partial charge in [0, 0.05) is 54.5 Å². The first kappa shape index (κ1) is 19.6. The average molecular weight is 415 g/mol. The molecule has 7 nitrogen and oxygen atoms in total. The highest BCUT2D eigenvalue weighted by Crippen LogP contribution is 2.31. The van der Waals surface area contributed by atoms with Crippen LogP contribution in [0.4, 0.5) is 5.82 Å². The molecule has 0 saturated carbocycles. The van der Waals surface area contributed by atoms with Crippen molar-refractivity contribution >= 4 is 22.7 Å². The Morgan fingerprint density at radius 2 is 1.94 bits per heavy atom. The molecule has 1 aliphatic heterocycles. The number of fused-ring (bicyclic) bond motifs is 2. The van der Waals surface area contributed by atoms with E-state index in [1.165, 1.54) is 5.56 Å². The normalized spacial score (nSPS) is 17.8. The molecule has 2 aliphatic rings. The SMILES string of the molecule is N#Cc1cc2c(nc1N1CCN([C@@H](C(=O)O)c3c[nH]c4ccccc34)CC1)CCCC2. The van der Waals surface area contributed by atoms with E-state index in [0.29, 0.717) is 31.7 Å². The van der Waals surface area contributed by atoms with Gasteiger partial charge in [-0.2, -0.15) is 5.26 Å². The van der Waals surface area contributed by atoms with Gasteiger partial charge in [0.05, 0.1) is 5.56 Å². The minimum atomic E-state index is -0.845. The Balaban J connectivity index is 1.38. The molecule has 1 atom stereocenters. The summed E-state index contributed by atoms with van der Waals surface area (Å²) in [7, 11) is 0. The highest BCUT2D eigenvalue weighted by molar-refractivity contribution is 5.89. The van der Waals surface area contributed by atoms with Crippen molar-refractivity contribution in [1.82, 2.24) is 14.9 Å². The number of anilines is 1. The van der Waals surface area contributed by atoms with Gasteiger partial charge in [-0.25, -0.2) is 4.98 Å². The fraction of sp³-hybridized carbons (Fsp3) is 0.375. The summed E-state index contributed by atoms with van der Waals surface area (Å²) in [6.07, 6.45) is 6.08. The van der Waals surface area contributed by atoms with Gasteiger partial charge in [-0.1, -0.05) is 18.2 Å². The predicted molar refractivity (Wildman–Crippen MR) is 118 cm³/mol. The van der Waals surface area contributed by atoms with E-state index in [1.807, 2.05) is 41.4 Å². The molecule has 1 aliphatic carbocycles. The fourth-order valence-corrected chi connectivity index (χ4v) is 4.94. The highest BCUT2D eigenvalue weighted by Gasteiger charge is 2.33. The van der Waals surface area contributed by atoms with Gasteiger partial charge in [0.25, 0.3) is 0 Å². The zero-order valence-electron chi connectivity index (χ0n) is 17.3. The van der Waals surface area contributed by atoms with Crippen molar-refractivity contribution in [3.8, 4) is 6.07 Å². The van der Waals surface area contributed by atoms with Crippen LogP contribution in [0.1, 0.15) is 41.3 Å². The molecule has 7 heteroatoms. The molecule has 2 aromatic heterocycles. The number of hydrogen-bond donors (Lipinski definition) is 2. The number of carbonyl (C=O) groups is 1. The lowest BCUT2D eigenvalue weighted by molar-refractivity contribution is -0.143. The number of pyridine rings is 1. The Kier molecular flexibility index (Phi) is 5.08. The topological polar surface area (TPSA) is 96.2 Å². The number of aryl methyl sites for hydroxylation is 2. The van der Waals surface area contributed by atoms with E-state index in [1.54, 1.807) is 0 Å². The van der Waals surface area contributed by atoms with Crippen molar-refractivity contribution in [2.75, 3.05) is 31.1 Å². The molecule has 158 valence electrons. The second kappa shape index (κ2) is 8.05. The summed E-state index contributed by atoms with van der Waals surface area (Å²) in [6, 6.07) is 11.4. The van der Waals surface area contributed by atoms with Crippen LogP contribution >= 0.6 is 0 Å². The lowest BCUT2D eigenvalue weighted by atomic mass is 9.94. The van der Waals surface area contributed by atoms with E-state index in [4.69, 9.17) is 4.98 Å². The molecule has 5 rings (SSSR count). The Hall–Kier alpha value is -3.37. The van der Waals surface area contributed by atoms with Crippen molar-refractivity contribution in [3.05, 3.63) is 58.9 Å². The predicted octanol–water partition coefficient (Wildman–Crippen LogP) is 3.26. The molecule has 31 heavy (non-hydrogen) atoms. The molecule has 0 bridgehead atoms. The number of nitrogens with zero attached hydrogens (tertiary/aromatic N) is 4. The summed E-state index contributed by atoms with van der Waals surface area (Å²) < 4.78 is 0. The van der Waals surface area contributed by atoms with Gasteiger partial charge in [-0.3, -0.25) is 9.69 Å². The van der Waals surface area contributed by atoms with Gasteiger partial charge in [-0.15, -0.1) is 0 Å². The van der Waals surface area contributed by atoms with Crippen molar-refractivity contribution < 1.29 is 9.90 Å². The number of piperazine rings is 1. The third kappa shape index (κ3) is 3.53. The molecule has 0 radical (unpaired) electrons. The maximum absolute atomic E-state index is 12.2. The molecule has 0 amide bonds. The van der Waals surface area contributed by atoms with Gasteiger partial charge in [-0.05, 0) is 43.4 Å². The molecule has 0 spiro atoms. The number of aromatic amines is 1. The Morgan fingerprint density at radius 1 is 1.16 bits per heavy atom. The number of nitriles is 1. The number of nitrogens with one attached hydrogen (secondary N) is 1.